The van der Waals surface area contributed by atoms with Crippen molar-refractivity contribution in [2.24, 2.45) is 17.4 Å². The largest absolute Gasteiger partial charge is 0.508 e. The molecule has 204 valence electrons. The van der Waals surface area contributed by atoms with Gasteiger partial charge < -0.3 is 42.7 Å². The molecule has 0 radical (unpaired) electrons. The standard InChI is InChI=1S/C23H33N5O9/c1-11(2)19(25)22(35)28-16(10-17(24)30)21(34)27-15(9-12-3-5-13(29)6-4-12)20(33)26-14(23(36)37)7-8-18(31)32/h3-6,11,14-16,19,29H,7-10,25H2,1-2H3,(H2,24,30)(H,26,33)(H,27,34)(H,28,35)(H,31,32)(H,36,37). The Kier molecular flexibility index (Phi) is 12.0. The third-order valence-electron chi connectivity index (χ3n) is 5.33. The van der Waals surface area contributed by atoms with Crippen molar-refractivity contribution < 1.29 is 44.1 Å². The molecule has 4 atom stereocenters. The van der Waals surface area contributed by atoms with Gasteiger partial charge >= 0.3 is 11.9 Å². The maximum Gasteiger partial charge on any atom is 0.326 e. The highest BCUT2D eigenvalue weighted by Crippen LogP contribution is 2.12. The second-order valence-electron chi connectivity index (χ2n) is 8.76. The molecular formula is C23H33N5O9. The van der Waals surface area contributed by atoms with Gasteiger partial charge in [-0.15, -0.1) is 0 Å². The number of phenolic OH excluding ortho intramolecular Hbond substituents is 1. The number of rotatable bonds is 15. The second-order valence-corrected chi connectivity index (χ2v) is 8.76. The number of hydrogen-bond acceptors (Lipinski definition) is 8. The highest BCUT2D eigenvalue weighted by molar-refractivity contribution is 5.96. The Morgan fingerprint density at radius 3 is 1.84 bits per heavy atom. The van der Waals surface area contributed by atoms with Gasteiger partial charge in [0, 0.05) is 12.8 Å². The first kappa shape index (κ1) is 30.8. The first-order chi connectivity index (χ1) is 17.2. The minimum absolute atomic E-state index is 0.0564. The predicted molar refractivity (Wildman–Crippen MR) is 129 cm³/mol. The Morgan fingerprint density at radius 2 is 1.35 bits per heavy atom. The molecule has 14 heteroatoms. The zero-order valence-electron chi connectivity index (χ0n) is 20.5. The average Bonchev–Trinajstić information content (AvgIpc) is 2.80. The SMILES string of the molecule is CC(C)C(N)C(=O)NC(CC(N)=O)C(=O)NC(Cc1ccc(O)cc1)C(=O)NC(CCC(=O)O)C(=O)O. The van der Waals surface area contributed by atoms with Gasteiger partial charge in [0.2, 0.25) is 23.6 Å². The van der Waals surface area contributed by atoms with Crippen molar-refractivity contribution in [3.63, 3.8) is 0 Å². The molecule has 1 aromatic rings. The van der Waals surface area contributed by atoms with Gasteiger partial charge in [0.1, 0.15) is 23.9 Å². The number of carbonyl (C=O) groups is 6. The number of hydrogen-bond donors (Lipinski definition) is 8. The summed E-state index contributed by atoms with van der Waals surface area (Å²) in [4.78, 5) is 72.3. The highest BCUT2D eigenvalue weighted by Gasteiger charge is 2.31. The van der Waals surface area contributed by atoms with Gasteiger partial charge in [0.25, 0.3) is 0 Å². The second kappa shape index (κ2) is 14.4. The van der Waals surface area contributed by atoms with Crippen LogP contribution in [0.5, 0.6) is 5.75 Å². The first-order valence-electron chi connectivity index (χ1n) is 11.4. The fourth-order valence-electron chi connectivity index (χ4n) is 3.13. The normalized spacial score (nSPS) is 14.1. The molecule has 0 heterocycles. The predicted octanol–water partition coefficient (Wildman–Crippen LogP) is -1.80. The van der Waals surface area contributed by atoms with Gasteiger partial charge in [-0.05, 0) is 30.0 Å². The Morgan fingerprint density at radius 1 is 0.838 bits per heavy atom. The van der Waals surface area contributed by atoms with Crippen LogP contribution in [0.3, 0.4) is 0 Å². The molecule has 0 saturated heterocycles. The van der Waals surface area contributed by atoms with E-state index in [1.165, 1.54) is 24.3 Å². The van der Waals surface area contributed by atoms with E-state index in [1.807, 2.05) is 0 Å². The molecule has 14 nitrogen and oxygen atoms in total. The molecule has 1 aromatic carbocycles. The smallest absolute Gasteiger partial charge is 0.326 e. The van der Waals surface area contributed by atoms with Crippen LogP contribution in [0, 0.1) is 5.92 Å². The van der Waals surface area contributed by atoms with Crippen molar-refractivity contribution in [1.82, 2.24) is 16.0 Å². The molecule has 0 spiro atoms. The summed E-state index contributed by atoms with van der Waals surface area (Å²) >= 11 is 0. The van der Waals surface area contributed by atoms with Crippen LogP contribution in [0.4, 0.5) is 0 Å². The number of benzene rings is 1. The zero-order valence-corrected chi connectivity index (χ0v) is 20.5. The lowest BCUT2D eigenvalue weighted by molar-refractivity contribution is -0.143. The van der Waals surface area contributed by atoms with E-state index in [1.54, 1.807) is 13.8 Å². The van der Waals surface area contributed by atoms with Crippen LogP contribution in [-0.2, 0) is 35.2 Å². The Hall–Kier alpha value is -4.20. The number of aliphatic carboxylic acids is 2. The van der Waals surface area contributed by atoms with E-state index in [0.717, 1.165) is 0 Å². The quantitative estimate of drug-likeness (QED) is 0.128. The van der Waals surface area contributed by atoms with Crippen LogP contribution in [0.1, 0.15) is 38.7 Å². The molecule has 0 fully saturated rings. The number of primary amides is 1. The van der Waals surface area contributed by atoms with Crippen LogP contribution in [0.2, 0.25) is 0 Å². The van der Waals surface area contributed by atoms with Gasteiger partial charge in [0.05, 0.1) is 12.5 Å². The molecule has 0 aliphatic heterocycles. The topological polar surface area (TPSA) is 251 Å². The first-order valence-corrected chi connectivity index (χ1v) is 11.4. The number of carboxylic acids is 2. The zero-order chi connectivity index (χ0) is 28.3. The van der Waals surface area contributed by atoms with E-state index in [2.05, 4.69) is 16.0 Å². The Bertz CT molecular complexity index is 997. The van der Waals surface area contributed by atoms with E-state index < -0.39 is 79.0 Å². The summed E-state index contributed by atoms with van der Waals surface area (Å²) in [6.45, 7) is 3.35. The van der Waals surface area contributed by atoms with Crippen molar-refractivity contribution in [3.8, 4) is 5.75 Å². The molecule has 0 aliphatic carbocycles. The van der Waals surface area contributed by atoms with Gasteiger partial charge in [-0.3, -0.25) is 24.0 Å². The van der Waals surface area contributed by atoms with Crippen molar-refractivity contribution >= 4 is 35.6 Å². The minimum atomic E-state index is -1.56. The molecular weight excluding hydrogens is 490 g/mol. The van der Waals surface area contributed by atoms with Crippen LogP contribution >= 0.6 is 0 Å². The summed E-state index contributed by atoms with van der Waals surface area (Å²) in [5.41, 5.74) is 11.5. The number of aromatic hydroxyl groups is 1. The van der Waals surface area contributed by atoms with Crippen molar-refractivity contribution in [3.05, 3.63) is 29.8 Å². The van der Waals surface area contributed by atoms with Gasteiger partial charge in [0.15, 0.2) is 0 Å². The van der Waals surface area contributed by atoms with Crippen molar-refractivity contribution in [1.29, 1.82) is 0 Å². The van der Waals surface area contributed by atoms with Gasteiger partial charge in [-0.25, -0.2) is 4.79 Å². The summed E-state index contributed by atoms with van der Waals surface area (Å²) in [6, 6.07) is 0.154. The third kappa shape index (κ3) is 10.9. The lowest BCUT2D eigenvalue weighted by atomic mass is 10.0. The summed E-state index contributed by atoms with van der Waals surface area (Å²) in [5.74, 6) is -6.65. The maximum absolute atomic E-state index is 13.0. The number of nitrogens with two attached hydrogens (primary N) is 2. The van der Waals surface area contributed by atoms with Crippen LogP contribution in [0.15, 0.2) is 24.3 Å². The summed E-state index contributed by atoms with van der Waals surface area (Å²) in [5, 5.41) is 34.6. The molecule has 0 bridgehead atoms. The molecule has 0 aliphatic rings. The molecule has 0 aromatic heterocycles. The molecule has 1 rings (SSSR count). The Balaban J connectivity index is 3.18. The fraction of sp³-hybridized carbons (Fsp3) is 0.478. The van der Waals surface area contributed by atoms with Crippen LogP contribution < -0.4 is 27.4 Å². The number of carboxylic acid groups (broad SMARTS) is 2. The van der Waals surface area contributed by atoms with E-state index in [9.17, 15) is 39.0 Å². The van der Waals surface area contributed by atoms with Crippen LogP contribution in [0.25, 0.3) is 0 Å². The third-order valence-corrected chi connectivity index (χ3v) is 5.33. The molecule has 4 unspecified atom stereocenters. The van der Waals surface area contributed by atoms with E-state index in [4.69, 9.17) is 16.6 Å². The monoisotopic (exact) mass is 523 g/mol. The summed E-state index contributed by atoms with van der Waals surface area (Å²) in [6.07, 6.45) is -1.73. The van der Waals surface area contributed by atoms with Crippen molar-refractivity contribution in [2.75, 3.05) is 0 Å². The van der Waals surface area contributed by atoms with Crippen LogP contribution in [-0.4, -0.2) is 75.1 Å². The summed E-state index contributed by atoms with van der Waals surface area (Å²) in [7, 11) is 0. The maximum atomic E-state index is 13.0. The number of nitrogens with one attached hydrogen (secondary N) is 3. The number of phenols is 1. The van der Waals surface area contributed by atoms with Gasteiger partial charge in [-0.1, -0.05) is 26.0 Å². The molecule has 4 amide bonds. The highest BCUT2D eigenvalue weighted by atomic mass is 16.4. The number of amides is 4. The minimum Gasteiger partial charge on any atom is -0.508 e. The van der Waals surface area contributed by atoms with Crippen molar-refractivity contribution in [2.45, 2.75) is 63.7 Å². The number of carbonyl (C=O) groups excluding carboxylic acids is 4. The van der Waals surface area contributed by atoms with Gasteiger partial charge in [-0.2, -0.15) is 0 Å². The fourth-order valence-corrected chi connectivity index (χ4v) is 3.13. The lowest BCUT2D eigenvalue weighted by Crippen LogP contribution is -2.58. The average molecular weight is 524 g/mol. The summed E-state index contributed by atoms with van der Waals surface area (Å²) < 4.78 is 0. The Labute approximate surface area is 212 Å². The molecule has 37 heavy (non-hydrogen) atoms. The van der Waals surface area contributed by atoms with E-state index >= 15 is 0 Å². The molecule has 10 N–H and O–H groups in total. The lowest BCUT2D eigenvalue weighted by Gasteiger charge is -2.25. The molecule has 0 saturated carbocycles. The van der Waals surface area contributed by atoms with E-state index in [0.29, 0.717) is 5.56 Å². The van der Waals surface area contributed by atoms with E-state index in [-0.39, 0.29) is 18.1 Å².